The summed E-state index contributed by atoms with van der Waals surface area (Å²) in [6.45, 7) is 15.9. The van der Waals surface area contributed by atoms with Gasteiger partial charge in [0.25, 0.3) is 0 Å². The van der Waals surface area contributed by atoms with Crippen molar-refractivity contribution in [1.29, 1.82) is 0 Å². The molecule has 5 nitrogen and oxygen atoms in total. The summed E-state index contributed by atoms with van der Waals surface area (Å²) in [6, 6.07) is 0. The average molecular weight is 277 g/mol. The van der Waals surface area contributed by atoms with Crippen LogP contribution in [0.5, 0.6) is 0 Å². The van der Waals surface area contributed by atoms with E-state index < -0.39 is 0 Å². The normalized spacial score (nSPS) is 17.4. The average Bonchev–Trinajstić information content (AvgIpc) is 2.31. The second-order valence-corrected chi connectivity index (χ2v) is 5.00. The van der Waals surface area contributed by atoms with E-state index in [1.807, 2.05) is 18.7 Å². The number of hydrogen-bond acceptors (Lipinski definition) is 5. The highest BCUT2D eigenvalue weighted by Crippen LogP contribution is 1.91. The first-order chi connectivity index (χ1) is 8.84. The third-order valence-electron chi connectivity index (χ3n) is 2.68. The van der Waals surface area contributed by atoms with Crippen molar-refractivity contribution in [2.45, 2.75) is 47.0 Å². The molecule has 1 aliphatic heterocycles. The zero-order valence-electron chi connectivity index (χ0n) is 13.7. The number of aliphatic hydroxyl groups is 2. The molecule has 1 aliphatic rings. The molecule has 0 aliphatic carbocycles. The van der Waals surface area contributed by atoms with E-state index in [-0.39, 0.29) is 12.3 Å². The molecule has 3 N–H and O–H groups in total. The van der Waals surface area contributed by atoms with Crippen molar-refractivity contribution >= 4 is 0 Å². The molecule has 0 radical (unpaired) electrons. The van der Waals surface area contributed by atoms with Gasteiger partial charge in [0.2, 0.25) is 0 Å². The standard InChI is InChI=1S/C6H15NO.C5H12N2.C3H8O/c1-4-7(5-2)6(3)8;1-7-4-2-6-3-5-7;1-3(2)4/h6,8H,4-5H2,1-3H3;6H,2-5H2,1H3;3-4H,1-2H3. The van der Waals surface area contributed by atoms with Crippen LogP contribution in [0.3, 0.4) is 0 Å². The molecule has 0 bridgehead atoms. The smallest absolute Gasteiger partial charge is 0.104 e. The van der Waals surface area contributed by atoms with E-state index in [4.69, 9.17) is 10.2 Å². The number of piperazine rings is 1. The van der Waals surface area contributed by atoms with Crippen LogP contribution in [0.15, 0.2) is 0 Å². The fourth-order valence-electron chi connectivity index (χ4n) is 1.53. The Morgan fingerprint density at radius 1 is 1.05 bits per heavy atom. The van der Waals surface area contributed by atoms with Gasteiger partial charge in [-0.2, -0.15) is 0 Å². The minimum absolute atomic E-state index is 0.167. The predicted octanol–water partition coefficient (Wildman–Crippen LogP) is 0.575. The SMILES string of the molecule is CC(C)O.CCN(CC)C(C)O.CN1CCNCC1. The second kappa shape index (κ2) is 14.2. The summed E-state index contributed by atoms with van der Waals surface area (Å²) < 4.78 is 0. The Bertz CT molecular complexity index is 165. The first kappa shape index (κ1) is 21.1. The van der Waals surface area contributed by atoms with E-state index in [9.17, 15) is 0 Å². The van der Waals surface area contributed by atoms with E-state index in [2.05, 4.69) is 17.3 Å². The molecule has 0 saturated carbocycles. The third-order valence-corrected chi connectivity index (χ3v) is 2.68. The van der Waals surface area contributed by atoms with Gasteiger partial charge in [-0.25, -0.2) is 0 Å². The molecule has 5 heteroatoms. The number of aliphatic hydroxyl groups excluding tert-OH is 2. The van der Waals surface area contributed by atoms with E-state index in [0.29, 0.717) is 0 Å². The summed E-state index contributed by atoms with van der Waals surface area (Å²) in [5, 5.41) is 20.3. The molecule has 19 heavy (non-hydrogen) atoms. The second-order valence-electron chi connectivity index (χ2n) is 5.00. The van der Waals surface area contributed by atoms with E-state index in [0.717, 1.165) is 26.2 Å². The molecular weight excluding hydrogens is 242 g/mol. The highest BCUT2D eigenvalue weighted by molar-refractivity contribution is 4.62. The molecule has 0 aromatic heterocycles. The topological polar surface area (TPSA) is 59.0 Å². The number of nitrogens with zero attached hydrogens (tertiary/aromatic N) is 2. The van der Waals surface area contributed by atoms with Gasteiger partial charge in [-0.3, -0.25) is 4.90 Å². The molecule has 1 rings (SSSR count). The van der Waals surface area contributed by atoms with Crippen LogP contribution in [0.4, 0.5) is 0 Å². The van der Waals surface area contributed by atoms with Crippen molar-refractivity contribution in [2.24, 2.45) is 0 Å². The summed E-state index contributed by atoms with van der Waals surface area (Å²) in [6.07, 6.45) is -0.454. The molecule has 1 heterocycles. The molecule has 1 unspecified atom stereocenters. The number of nitrogens with one attached hydrogen (secondary N) is 1. The lowest BCUT2D eigenvalue weighted by atomic mass is 10.4. The summed E-state index contributed by atoms with van der Waals surface area (Å²) >= 11 is 0. The van der Waals surface area contributed by atoms with Crippen molar-refractivity contribution in [1.82, 2.24) is 15.1 Å². The number of likely N-dealkylation sites (N-methyl/N-ethyl adjacent to an activating group) is 1. The largest absolute Gasteiger partial charge is 0.394 e. The summed E-state index contributed by atoms with van der Waals surface area (Å²) in [5.74, 6) is 0. The van der Waals surface area contributed by atoms with Crippen molar-refractivity contribution in [3.05, 3.63) is 0 Å². The molecule has 0 aromatic carbocycles. The van der Waals surface area contributed by atoms with Crippen molar-refractivity contribution < 1.29 is 10.2 Å². The van der Waals surface area contributed by atoms with E-state index in [1.165, 1.54) is 13.1 Å². The Hall–Kier alpha value is -0.200. The lowest BCUT2D eigenvalue weighted by Gasteiger charge is -2.21. The Labute approximate surface area is 119 Å². The Kier molecular flexibility index (Phi) is 15.8. The van der Waals surface area contributed by atoms with Crippen LogP contribution >= 0.6 is 0 Å². The van der Waals surface area contributed by atoms with Gasteiger partial charge in [0, 0.05) is 32.3 Å². The first-order valence-electron chi connectivity index (χ1n) is 7.34. The van der Waals surface area contributed by atoms with Gasteiger partial charge < -0.3 is 20.4 Å². The van der Waals surface area contributed by atoms with Gasteiger partial charge in [-0.15, -0.1) is 0 Å². The minimum Gasteiger partial charge on any atom is -0.394 e. The fourth-order valence-corrected chi connectivity index (χ4v) is 1.53. The van der Waals surface area contributed by atoms with Crippen LogP contribution in [0.1, 0.15) is 34.6 Å². The Morgan fingerprint density at radius 3 is 1.53 bits per heavy atom. The zero-order chi connectivity index (χ0) is 15.3. The minimum atomic E-state index is -0.287. The summed E-state index contributed by atoms with van der Waals surface area (Å²) in [5.41, 5.74) is 0. The summed E-state index contributed by atoms with van der Waals surface area (Å²) in [7, 11) is 2.15. The predicted molar refractivity (Wildman–Crippen MR) is 82.3 cm³/mol. The first-order valence-corrected chi connectivity index (χ1v) is 7.34. The lowest BCUT2D eigenvalue weighted by molar-refractivity contribution is 0.0265. The van der Waals surface area contributed by atoms with Crippen LogP contribution in [0.25, 0.3) is 0 Å². The van der Waals surface area contributed by atoms with Gasteiger partial charge in [0.05, 0.1) is 0 Å². The van der Waals surface area contributed by atoms with Crippen molar-refractivity contribution in [3.8, 4) is 0 Å². The van der Waals surface area contributed by atoms with Gasteiger partial charge in [0.1, 0.15) is 6.23 Å². The third kappa shape index (κ3) is 17.8. The lowest BCUT2D eigenvalue weighted by Crippen LogP contribution is -2.40. The molecule has 0 amide bonds. The van der Waals surface area contributed by atoms with E-state index >= 15 is 0 Å². The molecule has 0 aromatic rings. The van der Waals surface area contributed by atoms with Crippen LogP contribution in [-0.2, 0) is 0 Å². The number of hydrogen-bond donors (Lipinski definition) is 3. The van der Waals surface area contributed by atoms with Gasteiger partial charge in [0.15, 0.2) is 0 Å². The van der Waals surface area contributed by atoms with Crippen molar-refractivity contribution in [3.63, 3.8) is 0 Å². The van der Waals surface area contributed by atoms with Gasteiger partial charge in [-0.05, 0) is 40.9 Å². The highest BCUT2D eigenvalue weighted by atomic mass is 16.3. The van der Waals surface area contributed by atoms with E-state index in [1.54, 1.807) is 20.8 Å². The monoisotopic (exact) mass is 277 g/mol. The van der Waals surface area contributed by atoms with Gasteiger partial charge in [-0.1, -0.05) is 13.8 Å². The molecule has 1 fully saturated rings. The zero-order valence-corrected chi connectivity index (χ0v) is 13.7. The Balaban J connectivity index is 0. The maximum atomic E-state index is 8.94. The van der Waals surface area contributed by atoms with Crippen LogP contribution < -0.4 is 5.32 Å². The molecule has 1 saturated heterocycles. The molecule has 1 atom stereocenters. The number of rotatable bonds is 3. The molecule has 118 valence electrons. The Morgan fingerprint density at radius 2 is 1.42 bits per heavy atom. The maximum Gasteiger partial charge on any atom is 0.104 e. The van der Waals surface area contributed by atoms with Crippen LogP contribution in [-0.4, -0.2) is 78.7 Å². The van der Waals surface area contributed by atoms with Crippen LogP contribution in [0, 0.1) is 0 Å². The quantitative estimate of drug-likeness (QED) is 0.659. The summed E-state index contributed by atoms with van der Waals surface area (Å²) in [4.78, 5) is 4.30. The molecular formula is C14H35N3O2. The van der Waals surface area contributed by atoms with Crippen molar-refractivity contribution in [2.75, 3.05) is 46.3 Å². The fraction of sp³-hybridized carbons (Fsp3) is 1.00. The highest BCUT2D eigenvalue weighted by Gasteiger charge is 2.02. The van der Waals surface area contributed by atoms with Gasteiger partial charge >= 0.3 is 0 Å². The maximum absolute atomic E-state index is 8.94. The van der Waals surface area contributed by atoms with Crippen LogP contribution in [0.2, 0.25) is 0 Å². The molecule has 0 spiro atoms.